The molecular weight excluding hydrogens is 312 g/mol. The van der Waals surface area contributed by atoms with E-state index in [1.54, 1.807) is 0 Å². The number of aliphatic hydroxyl groups excluding tert-OH is 1. The largest absolute Gasteiger partial charge is 0.481 e. The Morgan fingerprint density at radius 2 is 1.72 bits per heavy atom. The van der Waals surface area contributed by atoms with Crippen molar-refractivity contribution in [2.24, 2.45) is 17.8 Å². The third kappa shape index (κ3) is 2.95. The Bertz CT molecular complexity index is 763. The number of aliphatic hydroxyl groups is 1. The SMILES string of the molecule is O=C(O)C(c1cccc2ccccc12)C1C(O)CCC2CCCCC21. The van der Waals surface area contributed by atoms with Crippen molar-refractivity contribution in [1.29, 1.82) is 0 Å². The summed E-state index contributed by atoms with van der Waals surface area (Å²) in [6.45, 7) is 0. The molecule has 3 heteroatoms. The topological polar surface area (TPSA) is 57.5 Å². The van der Waals surface area contributed by atoms with Crippen LogP contribution in [0.1, 0.15) is 50.0 Å². The Labute approximate surface area is 148 Å². The molecule has 2 aliphatic carbocycles. The van der Waals surface area contributed by atoms with Gasteiger partial charge in [-0.05, 0) is 47.4 Å². The average Bonchev–Trinajstić information content (AvgIpc) is 2.64. The van der Waals surface area contributed by atoms with Crippen molar-refractivity contribution in [3.8, 4) is 0 Å². The number of carboxylic acid groups (broad SMARTS) is 1. The Morgan fingerprint density at radius 3 is 2.56 bits per heavy atom. The minimum atomic E-state index is -0.799. The third-order valence-electron chi connectivity index (χ3n) is 6.55. The molecule has 0 spiro atoms. The van der Waals surface area contributed by atoms with Crippen LogP contribution < -0.4 is 0 Å². The maximum absolute atomic E-state index is 12.4. The van der Waals surface area contributed by atoms with Crippen LogP contribution in [0.15, 0.2) is 42.5 Å². The van der Waals surface area contributed by atoms with E-state index in [0.29, 0.717) is 11.8 Å². The molecule has 0 heterocycles. The standard InChI is InChI=1S/C22H26O3/c23-19-13-12-15-7-2-4-10-17(15)20(19)21(22(24)25)18-11-5-8-14-6-1-3-9-16(14)18/h1,3,5-6,8-9,11,15,17,19-21,23H,2,4,7,10,12-13H2,(H,24,25). The average molecular weight is 338 g/mol. The molecule has 2 aromatic carbocycles. The van der Waals surface area contributed by atoms with E-state index < -0.39 is 18.0 Å². The molecule has 0 radical (unpaired) electrons. The number of carbonyl (C=O) groups is 1. The van der Waals surface area contributed by atoms with Crippen LogP contribution in [0.2, 0.25) is 0 Å². The summed E-state index contributed by atoms with van der Waals surface area (Å²) in [5.74, 6) is -0.697. The zero-order chi connectivity index (χ0) is 17.4. The van der Waals surface area contributed by atoms with Gasteiger partial charge in [0.25, 0.3) is 0 Å². The van der Waals surface area contributed by atoms with Crippen molar-refractivity contribution in [3.05, 3.63) is 48.0 Å². The van der Waals surface area contributed by atoms with E-state index in [1.807, 2.05) is 42.5 Å². The van der Waals surface area contributed by atoms with Crippen molar-refractivity contribution >= 4 is 16.7 Å². The van der Waals surface area contributed by atoms with Gasteiger partial charge in [0, 0.05) is 5.92 Å². The Kier molecular flexibility index (Phi) is 4.51. The fourth-order valence-electron chi connectivity index (χ4n) is 5.46. The molecule has 0 bridgehead atoms. The zero-order valence-corrected chi connectivity index (χ0v) is 14.5. The Morgan fingerprint density at radius 1 is 0.960 bits per heavy atom. The lowest BCUT2D eigenvalue weighted by Crippen LogP contribution is -2.44. The third-order valence-corrected chi connectivity index (χ3v) is 6.55. The van der Waals surface area contributed by atoms with Crippen LogP contribution in [0.3, 0.4) is 0 Å². The Balaban J connectivity index is 1.81. The zero-order valence-electron chi connectivity index (χ0n) is 14.5. The number of fused-ring (bicyclic) bond motifs is 2. The van der Waals surface area contributed by atoms with Crippen LogP contribution in [0.5, 0.6) is 0 Å². The van der Waals surface area contributed by atoms with Crippen LogP contribution in [0.4, 0.5) is 0 Å². The van der Waals surface area contributed by atoms with Crippen molar-refractivity contribution in [1.82, 2.24) is 0 Å². The van der Waals surface area contributed by atoms with Crippen LogP contribution in [-0.2, 0) is 4.79 Å². The summed E-state index contributed by atoms with van der Waals surface area (Å²) in [6, 6.07) is 13.9. The summed E-state index contributed by atoms with van der Waals surface area (Å²) in [7, 11) is 0. The van der Waals surface area contributed by atoms with Crippen molar-refractivity contribution in [3.63, 3.8) is 0 Å². The van der Waals surface area contributed by atoms with Crippen molar-refractivity contribution in [2.75, 3.05) is 0 Å². The summed E-state index contributed by atoms with van der Waals surface area (Å²) >= 11 is 0. The fourth-order valence-corrected chi connectivity index (χ4v) is 5.46. The first-order chi connectivity index (χ1) is 12.2. The van der Waals surface area contributed by atoms with E-state index in [2.05, 4.69) is 0 Å². The van der Waals surface area contributed by atoms with Crippen LogP contribution in [0.25, 0.3) is 10.8 Å². The van der Waals surface area contributed by atoms with E-state index in [1.165, 1.54) is 12.8 Å². The van der Waals surface area contributed by atoms with E-state index in [9.17, 15) is 15.0 Å². The number of rotatable bonds is 3. The molecule has 2 aromatic rings. The monoisotopic (exact) mass is 338 g/mol. The van der Waals surface area contributed by atoms with Crippen LogP contribution in [0, 0.1) is 17.8 Å². The second-order valence-corrected chi connectivity index (χ2v) is 7.81. The molecule has 5 unspecified atom stereocenters. The maximum Gasteiger partial charge on any atom is 0.311 e. The second-order valence-electron chi connectivity index (χ2n) is 7.81. The first kappa shape index (κ1) is 16.6. The van der Waals surface area contributed by atoms with Crippen molar-refractivity contribution < 1.29 is 15.0 Å². The normalized spacial score (nSPS) is 30.6. The first-order valence-corrected chi connectivity index (χ1v) is 9.55. The first-order valence-electron chi connectivity index (χ1n) is 9.55. The highest BCUT2D eigenvalue weighted by atomic mass is 16.4. The smallest absolute Gasteiger partial charge is 0.311 e. The van der Waals surface area contributed by atoms with Gasteiger partial charge in [0.05, 0.1) is 12.0 Å². The van der Waals surface area contributed by atoms with Gasteiger partial charge in [0.1, 0.15) is 0 Å². The summed E-state index contributed by atoms with van der Waals surface area (Å²) in [5, 5.41) is 23.0. The highest BCUT2D eigenvalue weighted by molar-refractivity contribution is 5.91. The van der Waals surface area contributed by atoms with Crippen molar-refractivity contribution in [2.45, 2.75) is 50.5 Å². The van der Waals surface area contributed by atoms with Gasteiger partial charge in [-0.2, -0.15) is 0 Å². The predicted octanol–water partition coefficient (Wildman–Crippen LogP) is 4.59. The minimum absolute atomic E-state index is 0.178. The van der Waals surface area contributed by atoms with Gasteiger partial charge in [0.15, 0.2) is 0 Å². The van der Waals surface area contributed by atoms with E-state index in [4.69, 9.17) is 0 Å². The van der Waals surface area contributed by atoms with Gasteiger partial charge in [0.2, 0.25) is 0 Å². The molecule has 2 fully saturated rings. The van der Waals surface area contributed by atoms with E-state index in [0.717, 1.165) is 42.0 Å². The van der Waals surface area contributed by atoms with E-state index in [-0.39, 0.29) is 5.92 Å². The summed E-state index contributed by atoms with van der Waals surface area (Å²) in [6.07, 6.45) is 5.92. The predicted molar refractivity (Wildman–Crippen MR) is 98.5 cm³/mol. The van der Waals surface area contributed by atoms with Crippen LogP contribution in [-0.4, -0.2) is 22.3 Å². The van der Waals surface area contributed by atoms with Gasteiger partial charge in [-0.15, -0.1) is 0 Å². The molecule has 25 heavy (non-hydrogen) atoms. The Hall–Kier alpha value is -1.87. The molecule has 0 aromatic heterocycles. The summed E-state index contributed by atoms with van der Waals surface area (Å²) in [4.78, 5) is 12.4. The lowest BCUT2D eigenvalue weighted by atomic mass is 9.60. The molecule has 3 nitrogen and oxygen atoms in total. The highest BCUT2D eigenvalue weighted by Gasteiger charge is 2.46. The quantitative estimate of drug-likeness (QED) is 0.861. The molecular formula is C22H26O3. The molecule has 5 atom stereocenters. The van der Waals surface area contributed by atoms with Gasteiger partial charge in [-0.1, -0.05) is 61.7 Å². The lowest BCUT2D eigenvalue weighted by molar-refractivity contribution is -0.144. The number of benzene rings is 2. The molecule has 4 rings (SSSR count). The van der Waals surface area contributed by atoms with Gasteiger partial charge < -0.3 is 10.2 Å². The molecule has 0 aliphatic heterocycles. The van der Waals surface area contributed by atoms with E-state index >= 15 is 0 Å². The number of hydrogen-bond acceptors (Lipinski definition) is 2. The second kappa shape index (κ2) is 6.80. The number of aliphatic carboxylic acids is 1. The summed E-state index contributed by atoms with van der Waals surface area (Å²) in [5.41, 5.74) is 0.862. The minimum Gasteiger partial charge on any atom is -0.481 e. The molecule has 132 valence electrons. The van der Waals surface area contributed by atoms with Gasteiger partial charge in [-0.3, -0.25) is 4.79 Å². The molecule has 2 aliphatic rings. The van der Waals surface area contributed by atoms with Gasteiger partial charge in [-0.25, -0.2) is 0 Å². The molecule has 0 saturated heterocycles. The molecule has 2 N–H and O–H groups in total. The number of carboxylic acids is 1. The number of hydrogen-bond donors (Lipinski definition) is 2. The van der Waals surface area contributed by atoms with Gasteiger partial charge >= 0.3 is 5.97 Å². The molecule has 0 amide bonds. The lowest BCUT2D eigenvalue weighted by Gasteiger charge is -2.46. The van der Waals surface area contributed by atoms with Crippen LogP contribution >= 0.6 is 0 Å². The molecule has 2 saturated carbocycles. The highest BCUT2D eigenvalue weighted by Crippen LogP contribution is 2.49. The maximum atomic E-state index is 12.4. The summed E-state index contributed by atoms with van der Waals surface area (Å²) < 4.78 is 0. The fraction of sp³-hybridized carbons (Fsp3) is 0.500.